The Labute approximate surface area is 110 Å². The molecule has 0 amide bonds. The van der Waals surface area contributed by atoms with E-state index >= 15 is 0 Å². The molecule has 0 unspecified atom stereocenters. The second-order valence-electron chi connectivity index (χ2n) is 4.35. The summed E-state index contributed by atoms with van der Waals surface area (Å²) in [6.07, 6.45) is 3.24. The molecule has 2 heterocycles. The number of methoxy groups -OCH3 is 1. The Balaban J connectivity index is 2.05. The maximum atomic E-state index is 5.21. The Morgan fingerprint density at radius 1 is 1.21 bits per heavy atom. The van der Waals surface area contributed by atoms with Crippen molar-refractivity contribution >= 4 is 11.0 Å². The highest BCUT2D eigenvalue weighted by Crippen LogP contribution is 2.21. The van der Waals surface area contributed by atoms with Gasteiger partial charge in [-0.1, -0.05) is 24.3 Å². The summed E-state index contributed by atoms with van der Waals surface area (Å²) >= 11 is 0. The zero-order valence-electron chi connectivity index (χ0n) is 10.9. The van der Waals surface area contributed by atoms with Gasteiger partial charge in [-0.2, -0.15) is 5.10 Å². The van der Waals surface area contributed by atoms with E-state index in [9.17, 15) is 0 Å². The molecule has 3 aromatic rings. The van der Waals surface area contributed by atoms with Crippen LogP contribution < -0.4 is 4.74 Å². The lowest BCUT2D eigenvalue weighted by atomic mass is 10.1. The van der Waals surface area contributed by atoms with E-state index in [0.29, 0.717) is 12.4 Å². The van der Waals surface area contributed by atoms with Gasteiger partial charge in [0.15, 0.2) is 5.65 Å². The number of fused-ring (bicyclic) bond motifs is 1. The number of hydrogen-bond donors (Lipinski definition) is 0. The predicted molar refractivity (Wildman–Crippen MR) is 72.2 cm³/mol. The molecule has 0 aliphatic carbocycles. The molecule has 96 valence electrons. The summed E-state index contributed by atoms with van der Waals surface area (Å²) in [5.41, 5.74) is 3.26. The first kappa shape index (κ1) is 11.6. The van der Waals surface area contributed by atoms with Gasteiger partial charge in [0, 0.05) is 0 Å². The molecule has 0 radical (unpaired) electrons. The average molecular weight is 254 g/mol. The van der Waals surface area contributed by atoms with E-state index in [0.717, 1.165) is 11.0 Å². The zero-order valence-corrected chi connectivity index (χ0v) is 10.9. The first-order valence-electron chi connectivity index (χ1n) is 6.04. The maximum Gasteiger partial charge on any atom is 0.227 e. The van der Waals surface area contributed by atoms with Crippen molar-refractivity contribution in [1.29, 1.82) is 0 Å². The number of aromatic nitrogens is 4. The molecule has 0 saturated heterocycles. The largest absolute Gasteiger partial charge is 0.480 e. The molecule has 0 fully saturated rings. The fourth-order valence-corrected chi connectivity index (χ4v) is 2.10. The van der Waals surface area contributed by atoms with Crippen molar-refractivity contribution in [3.05, 3.63) is 47.9 Å². The molecule has 0 spiro atoms. The maximum absolute atomic E-state index is 5.21. The third-order valence-electron chi connectivity index (χ3n) is 3.17. The number of rotatable bonds is 3. The van der Waals surface area contributed by atoms with Gasteiger partial charge in [-0.15, -0.1) is 0 Å². The van der Waals surface area contributed by atoms with Crippen LogP contribution in [0.1, 0.15) is 11.1 Å². The molecule has 19 heavy (non-hydrogen) atoms. The van der Waals surface area contributed by atoms with Crippen LogP contribution in [-0.2, 0) is 6.54 Å². The molecule has 5 nitrogen and oxygen atoms in total. The topological polar surface area (TPSA) is 52.8 Å². The minimum atomic E-state index is 0.557. The Bertz CT molecular complexity index is 720. The van der Waals surface area contributed by atoms with Gasteiger partial charge in [0.25, 0.3) is 0 Å². The lowest BCUT2D eigenvalue weighted by Gasteiger charge is -2.06. The molecule has 0 saturated carbocycles. The van der Waals surface area contributed by atoms with Gasteiger partial charge in [-0.3, -0.25) is 0 Å². The smallest absolute Gasteiger partial charge is 0.227 e. The zero-order chi connectivity index (χ0) is 13.2. The third-order valence-corrected chi connectivity index (χ3v) is 3.17. The van der Waals surface area contributed by atoms with Crippen molar-refractivity contribution in [1.82, 2.24) is 19.7 Å². The van der Waals surface area contributed by atoms with Gasteiger partial charge in [-0.05, 0) is 18.1 Å². The highest BCUT2D eigenvalue weighted by molar-refractivity contribution is 5.79. The normalized spacial score (nSPS) is 10.8. The summed E-state index contributed by atoms with van der Waals surface area (Å²) in [5, 5.41) is 5.21. The first-order chi connectivity index (χ1) is 9.29. The summed E-state index contributed by atoms with van der Waals surface area (Å²) < 4.78 is 7.07. The van der Waals surface area contributed by atoms with Crippen molar-refractivity contribution in [3.63, 3.8) is 0 Å². The van der Waals surface area contributed by atoms with Gasteiger partial charge in [0.2, 0.25) is 5.88 Å². The molecule has 0 atom stereocenters. The van der Waals surface area contributed by atoms with Crippen molar-refractivity contribution in [2.24, 2.45) is 0 Å². The second-order valence-corrected chi connectivity index (χ2v) is 4.35. The number of ether oxygens (including phenoxy) is 1. The van der Waals surface area contributed by atoms with E-state index in [-0.39, 0.29) is 0 Å². The van der Waals surface area contributed by atoms with Crippen molar-refractivity contribution in [2.75, 3.05) is 7.11 Å². The Morgan fingerprint density at radius 2 is 2.05 bits per heavy atom. The van der Waals surface area contributed by atoms with Crippen LogP contribution >= 0.6 is 0 Å². The van der Waals surface area contributed by atoms with E-state index in [1.807, 2.05) is 16.8 Å². The van der Waals surface area contributed by atoms with Crippen LogP contribution in [0.25, 0.3) is 11.0 Å². The SMILES string of the molecule is COc1ncnc2c1cnn2Cc1ccccc1C. The summed E-state index contributed by atoms with van der Waals surface area (Å²) in [5.74, 6) is 0.557. The Hall–Kier alpha value is -2.43. The molecule has 0 N–H and O–H groups in total. The van der Waals surface area contributed by atoms with Crippen LogP contribution in [-0.4, -0.2) is 26.9 Å². The predicted octanol–water partition coefficient (Wildman–Crippen LogP) is 2.19. The van der Waals surface area contributed by atoms with E-state index < -0.39 is 0 Å². The summed E-state index contributed by atoms with van der Waals surface area (Å²) in [6, 6.07) is 8.26. The van der Waals surface area contributed by atoms with Gasteiger partial charge in [-0.25, -0.2) is 14.6 Å². The summed E-state index contributed by atoms with van der Waals surface area (Å²) in [6.45, 7) is 2.78. The number of benzene rings is 1. The minimum Gasteiger partial charge on any atom is -0.480 e. The van der Waals surface area contributed by atoms with E-state index in [1.54, 1.807) is 13.3 Å². The second kappa shape index (κ2) is 4.68. The van der Waals surface area contributed by atoms with Crippen LogP contribution in [0, 0.1) is 6.92 Å². The molecule has 0 aliphatic rings. The van der Waals surface area contributed by atoms with Crippen LogP contribution in [0.15, 0.2) is 36.8 Å². The average Bonchev–Trinajstić information content (AvgIpc) is 2.84. The summed E-state index contributed by atoms with van der Waals surface area (Å²) in [4.78, 5) is 8.36. The monoisotopic (exact) mass is 254 g/mol. The Morgan fingerprint density at radius 3 is 2.84 bits per heavy atom. The van der Waals surface area contributed by atoms with Crippen molar-refractivity contribution in [3.8, 4) is 5.88 Å². The third kappa shape index (κ3) is 2.03. The Kier molecular flexibility index (Phi) is 2.87. The molecular formula is C14H14N4O. The van der Waals surface area contributed by atoms with Crippen LogP contribution in [0.2, 0.25) is 0 Å². The van der Waals surface area contributed by atoms with E-state index in [1.165, 1.54) is 17.5 Å². The van der Waals surface area contributed by atoms with E-state index in [2.05, 4.69) is 34.1 Å². The summed E-state index contributed by atoms with van der Waals surface area (Å²) in [7, 11) is 1.60. The molecule has 2 aromatic heterocycles. The minimum absolute atomic E-state index is 0.557. The quantitative estimate of drug-likeness (QED) is 0.719. The van der Waals surface area contributed by atoms with Gasteiger partial charge < -0.3 is 4.74 Å². The molecule has 3 rings (SSSR count). The standard InChI is InChI=1S/C14H14N4O/c1-10-5-3-4-6-11(10)8-18-13-12(7-17-18)14(19-2)16-9-15-13/h3-7,9H,8H2,1-2H3. The molecule has 5 heteroatoms. The van der Waals surface area contributed by atoms with Crippen molar-refractivity contribution < 1.29 is 4.74 Å². The molecular weight excluding hydrogens is 240 g/mol. The number of aryl methyl sites for hydroxylation is 1. The van der Waals surface area contributed by atoms with Crippen LogP contribution in [0.4, 0.5) is 0 Å². The highest BCUT2D eigenvalue weighted by atomic mass is 16.5. The molecule has 0 bridgehead atoms. The lowest BCUT2D eigenvalue weighted by molar-refractivity contribution is 0.402. The van der Waals surface area contributed by atoms with Crippen molar-refractivity contribution in [2.45, 2.75) is 13.5 Å². The highest BCUT2D eigenvalue weighted by Gasteiger charge is 2.10. The van der Waals surface area contributed by atoms with Gasteiger partial charge >= 0.3 is 0 Å². The van der Waals surface area contributed by atoms with Crippen LogP contribution in [0.3, 0.4) is 0 Å². The molecule has 1 aromatic carbocycles. The molecule has 0 aliphatic heterocycles. The lowest BCUT2D eigenvalue weighted by Crippen LogP contribution is -2.04. The number of nitrogens with zero attached hydrogens (tertiary/aromatic N) is 4. The fourth-order valence-electron chi connectivity index (χ4n) is 2.10. The first-order valence-corrected chi connectivity index (χ1v) is 6.04. The van der Waals surface area contributed by atoms with Gasteiger partial charge in [0.1, 0.15) is 11.7 Å². The van der Waals surface area contributed by atoms with Gasteiger partial charge in [0.05, 0.1) is 19.9 Å². The van der Waals surface area contributed by atoms with Crippen LogP contribution in [0.5, 0.6) is 5.88 Å². The fraction of sp³-hybridized carbons (Fsp3) is 0.214. The van der Waals surface area contributed by atoms with E-state index in [4.69, 9.17) is 4.74 Å². The number of hydrogen-bond acceptors (Lipinski definition) is 4.